The van der Waals surface area contributed by atoms with Gasteiger partial charge in [-0.1, -0.05) is 30.3 Å². The second kappa shape index (κ2) is 7.94. The number of hydrogen-bond acceptors (Lipinski definition) is 5. The Hall–Kier alpha value is -2.55. The minimum absolute atomic E-state index is 0.126. The summed E-state index contributed by atoms with van der Waals surface area (Å²) in [5.41, 5.74) is 1.85. The van der Waals surface area contributed by atoms with Crippen molar-refractivity contribution in [1.29, 1.82) is 0 Å². The molecule has 0 saturated carbocycles. The Bertz CT molecular complexity index is 1170. The van der Waals surface area contributed by atoms with Crippen molar-refractivity contribution in [3.8, 4) is 0 Å². The van der Waals surface area contributed by atoms with Crippen molar-refractivity contribution in [3.63, 3.8) is 0 Å². The van der Waals surface area contributed by atoms with Crippen LogP contribution >= 0.6 is 11.3 Å². The highest BCUT2D eigenvalue weighted by Gasteiger charge is 2.30. The van der Waals surface area contributed by atoms with Gasteiger partial charge in [-0.15, -0.1) is 11.3 Å². The number of carbonyl (C=O) groups excluding carboxylic acids is 1. The molecule has 1 amide bonds. The van der Waals surface area contributed by atoms with Crippen molar-refractivity contribution >= 4 is 27.3 Å². The molecule has 4 rings (SSSR count). The number of thiazole rings is 1. The van der Waals surface area contributed by atoms with Crippen LogP contribution in [0.5, 0.6) is 0 Å². The molecule has 1 aromatic heterocycles. The van der Waals surface area contributed by atoms with Crippen LogP contribution in [0.15, 0.2) is 65.0 Å². The quantitative estimate of drug-likeness (QED) is 0.657. The number of carbonyl (C=O) groups is 1. The number of aromatic nitrogens is 1. The first-order valence-electron chi connectivity index (χ1n) is 9.67. The van der Waals surface area contributed by atoms with E-state index in [-0.39, 0.29) is 10.8 Å². The lowest BCUT2D eigenvalue weighted by Crippen LogP contribution is -2.41. The number of nitrogens with one attached hydrogen (secondary N) is 1. The van der Waals surface area contributed by atoms with Crippen LogP contribution < -0.4 is 5.32 Å². The van der Waals surface area contributed by atoms with Gasteiger partial charge in [-0.3, -0.25) is 4.79 Å². The Kier molecular flexibility index (Phi) is 5.48. The molecule has 0 unspecified atom stereocenters. The van der Waals surface area contributed by atoms with Gasteiger partial charge in [0.2, 0.25) is 10.0 Å². The lowest BCUT2D eigenvalue weighted by atomic mass is 10.0. The molecule has 0 bridgehead atoms. The maximum absolute atomic E-state index is 13.2. The molecule has 0 fully saturated rings. The fourth-order valence-corrected chi connectivity index (χ4v) is 5.75. The molecule has 1 aliphatic heterocycles. The maximum atomic E-state index is 13.2. The average molecular weight is 442 g/mol. The van der Waals surface area contributed by atoms with E-state index in [1.165, 1.54) is 27.3 Å². The monoisotopic (exact) mass is 441 g/mol. The molecule has 30 heavy (non-hydrogen) atoms. The number of sulfonamides is 1. The third-order valence-electron chi connectivity index (χ3n) is 5.22. The predicted octanol–water partition coefficient (Wildman–Crippen LogP) is 3.56. The molecule has 0 saturated heterocycles. The lowest BCUT2D eigenvalue weighted by molar-refractivity contribution is 0.0911. The first kappa shape index (κ1) is 20.7. The number of fused-ring (bicyclic) bond motifs is 1. The van der Waals surface area contributed by atoms with Crippen LogP contribution in [0.3, 0.4) is 0 Å². The van der Waals surface area contributed by atoms with Crippen LogP contribution in [0.4, 0.5) is 0 Å². The van der Waals surface area contributed by atoms with Gasteiger partial charge < -0.3 is 5.32 Å². The molecule has 8 heteroatoms. The Balaban J connectivity index is 1.56. The summed E-state index contributed by atoms with van der Waals surface area (Å²) in [6.07, 6.45) is 2.37. The molecule has 1 aliphatic rings. The zero-order valence-corrected chi connectivity index (χ0v) is 18.5. The highest BCUT2D eigenvalue weighted by Crippen LogP contribution is 2.26. The number of amides is 1. The predicted molar refractivity (Wildman–Crippen MR) is 117 cm³/mol. The van der Waals surface area contributed by atoms with E-state index < -0.39 is 15.6 Å². The largest absolute Gasteiger partial charge is 0.341 e. The van der Waals surface area contributed by atoms with E-state index in [0.717, 1.165) is 10.6 Å². The number of rotatable bonds is 5. The summed E-state index contributed by atoms with van der Waals surface area (Å²) in [5.74, 6) is -0.337. The van der Waals surface area contributed by atoms with E-state index >= 15 is 0 Å². The zero-order valence-electron chi connectivity index (χ0n) is 16.8. The van der Waals surface area contributed by atoms with Gasteiger partial charge in [0.1, 0.15) is 5.01 Å². The number of hydrogen-bond donors (Lipinski definition) is 1. The fourth-order valence-electron chi connectivity index (χ4n) is 3.56. The average Bonchev–Trinajstić information content (AvgIpc) is 3.29. The summed E-state index contributed by atoms with van der Waals surface area (Å²) < 4.78 is 27.9. The van der Waals surface area contributed by atoms with Gasteiger partial charge >= 0.3 is 0 Å². The Labute approximate surface area is 180 Å². The summed E-state index contributed by atoms with van der Waals surface area (Å²) in [5, 5.41) is 5.58. The SMILES string of the molecule is CC(C)(NC(=O)c1cccc(S(=O)(=O)N2CCc3ccccc3C2)c1)c1nccs1. The normalized spacial score (nSPS) is 14.9. The van der Waals surface area contributed by atoms with E-state index in [9.17, 15) is 13.2 Å². The van der Waals surface area contributed by atoms with Gasteiger partial charge in [0.15, 0.2) is 0 Å². The smallest absolute Gasteiger partial charge is 0.252 e. The van der Waals surface area contributed by atoms with Gasteiger partial charge in [0, 0.05) is 30.2 Å². The summed E-state index contributed by atoms with van der Waals surface area (Å²) >= 11 is 1.46. The molecular formula is C22H23N3O3S2. The minimum atomic E-state index is -3.70. The lowest BCUT2D eigenvalue weighted by Gasteiger charge is -2.28. The molecule has 2 heterocycles. The zero-order chi connectivity index (χ0) is 21.4. The molecule has 0 atom stereocenters. The molecular weight excluding hydrogens is 418 g/mol. The van der Waals surface area contributed by atoms with Crippen molar-refractivity contribution in [2.24, 2.45) is 0 Å². The van der Waals surface area contributed by atoms with E-state index in [4.69, 9.17) is 0 Å². The molecule has 0 spiro atoms. The summed E-state index contributed by atoms with van der Waals surface area (Å²) in [6, 6.07) is 14.1. The van der Waals surface area contributed by atoms with E-state index in [0.29, 0.717) is 25.1 Å². The summed E-state index contributed by atoms with van der Waals surface area (Å²) in [7, 11) is -3.70. The van der Waals surface area contributed by atoms with E-state index in [1.807, 2.05) is 43.5 Å². The van der Waals surface area contributed by atoms with Crippen LogP contribution in [0.2, 0.25) is 0 Å². The van der Waals surface area contributed by atoms with E-state index in [2.05, 4.69) is 10.3 Å². The second-order valence-electron chi connectivity index (χ2n) is 7.80. The molecule has 3 aromatic rings. The fraction of sp³-hybridized carbons (Fsp3) is 0.273. The third kappa shape index (κ3) is 4.03. The van der Waals surface area contributed by atoms with Gasteiger partial charge in [0.05, 0.1) is 10.4 Å². The van der Waals surface area contributed by atoms with Crippen LogP contribution in [0.1, 0.15) is 40.3 Å². The van der Waals surface area contributed by atoms with Gasteiger partial charge in [-0.05, 0) is 49.6 Å². The van der Waals surface area contributed by atoms with Crippen molar-refractivity contribution < 1.29 is 13.2 Å². The second-order valence-corrected chi connectivity index (χ2v) is 10.6. The highest BCUT2D eigenvalue weighted by atomic mass is 32.2. The van der Waals surface area contributed by atoms with Gasteiger partial charge in [-0.25, -0.2) is 13.4 Å². The van der Waals surface area contributed by atoms with Crippen molar-refractivity contribution in [3.05, 3.63) is 81.8 Å². The van der Waals surface area contributed by atoms with Crippen molar-refractivity contribution in [2.45, 2.75) is 37.2 Å². The Morgan fingerprint density at radius 1 is 1.13 bits per heavy atom. The Morgan fingerprint density at radius 2 is 1.90 bits per heavy atom. The Morgan fingerprint density at radius 3 is 2.63 bits per heavy atom. The molecule has 1 N–H and O–H groups in total. The molecule has 0 radical (unpaired) electrons. The molecule has 156 valence electrons. The van der Waals surface area contributed by atoms with Crippen LogP contribution in [-0.4, -0.2) is 30.2 Å². The first-order valence-corrected chi connectivity index (χ1v) is 12.0. The van der Waals surface area contributed by atoms with Crippen molar-refractivity contribution in [2.75, 3.05) is 6.54 Å². The minimum Gasteiger partial charge on any atom is -0.341 e. The standard InChI is InChI=1S/C22H23N3O3S2/c1-22(2,21-23-11-13-29-21)24-20(26)17-8-5-9-19(14-17)30(27,28)25-12-10-16-6-3-4-7-18(16)15-25/h3-9,11,13-14H,10,12,15H2,1-2H3,(H,24,26). The van der Waals surface area contributed by atoms with Gasteiger partial charge in [-0.2, -0.15) is 4.31 Å². The van der Waals surface area contributed by atoms with Crippen molar-refractivity contribution in [1.82, 2.24) is 14.6 Å². The third-order valence-corrected chi connectivity index (χ3v) is 8.16. The molecule has 0 aliphatic carbocycles. The topological polar surface area (TPSA) is 79.4 Å². The summed E-state index contributed by atoms with van der Waals surface area (Å²) in [4.78, 5) is 17.2. The van der Waals surface area contributed by atoms with Gasteiger partial charge in [0.25, 0.3) is 5.91 Å². The van der Waals surface area contributed by atoms with Crippen LogP contribution in [0.25, 0.3) is 0 Å². The summed E-state index contributed by atoms with van der Waals surface area (Å²) in [6.45, 7) is 4.50. The highest BCUT2D eigenvalue weighted by molar-refractivity contribution is 7.89. The number of benzene rings is 2. The first-order chi connectivity index (χ1) is 14.3. The molecule has 2 aromatic carbocycles. The molecule has 6 nitrogen and oxygen atoms in total. The number of nitrogens with zero attached hydrogens (tertiary/aromatic N) is 2. The van der Waals surface area contributed by atoms with Crippen LogP contribution in [0, 0.1) is 0 Å². The maximum Gasteiger partial charge on any atom is 0.252 e. The van der Waals surface area contributed by atoms with Crippen LogP contribution in [-0.2, 0) is 28.5 Å². The van der Waals surface area contributed by atoms with E-state index in [1.54, 1.807) is 24.4 Å².